The Kier molecular flexibility index (Phi) is 4.22. The molecule has 1 aromatic carbocycles. The minimum atomic E-state index is -0.395. The Hall–Kier alpha value is -2.87. The average molecular weight is 343 g/mol. The number of carbonyl (C=O) groups excluding carboxylic acids is 1. The number of imidazole rings is 1. The van der Waals surface area contributed by atoms with Gasteiger partial charge in [-0.3, -0.25) is 0 Å². The first-order valence-electron chi connectivity index (χ1n) is 7.34. The zero-order valence-corrected chi connectivity index (χ0v) is 14.1. The number of anilines is 2. The summed E-state index contributed by atoms with van der Waals surface area (Å²) in [6.07, 6.45) is 3.40. The number of aromatic nitrogens is 2. The van der Waals surface area contributed by atoms with E-state index in [0.29, 0.717) is 23.1 Å². The Morgan fingerprint density at radius 3 is 2.92 bits per heavy atom. The van der Waals surface area contributed by atoms with Gasteiger partial charge in [0.15, 0.2) is 0 Å². The summed E-state index contributed by atoms with van der Waals surface area (Å²) in [5.74, 6) is -0.0717. The molecule has 8 heteroatoms. The number of nitrogens with zero attached hydrogens (tertiary/aromatic N) is 3. The molecule has 0 amide bonds. The van der Waals surface area contributed by atoms with Gasteiger partial charge in [-0.05, 0) is 31.5 Å². The van der Waals surface area contributed by atoms with Crippen LogP contribution in [0.4, 0.5) is 11.6 Å². The second-order valence-corrected chi connectivity index (χ2v) is 6.20. The van der Waals surface area contributed by atoms with Crippen LogP contribution in [0.2, 0.25) is 0 Å². The van der Waals surface area contributed by atoms with Gasteiger partial charge in [-0.15, -0.1) is 11.3 Å². The molecule has 0 radical (unpaired) electrons. The highest BCUT2D eigenvalue weighted by molar-refractivity contribution is 7.21. The van der Waals surface area contributed by atoms with Crippen LogP contribution in [-0.4, -0.2) is 28.5 Å². The van der Waals surface area contributed by atoms with E-state index >= 15 is 0 Å². The maximum atomic E-state index is 11.9. The van der Waals surface area contributed by atoms with E-state index in [9.17, 15) is 4.79 Å². The van der Waals surface area contributed by atoms with Gasteiger partial charge >= 0.3 is 5.97 Å². The number of nitrogens with two attached hydrogens (primary N) is 2. The summed E-state index contributed by atoms with van der Waals surface area (Å²) in [4.78, 5) is 16.4. The lowest BCUT2D eigenvalue weighted by atomic mass is 10.1. The van der Waals surface area contributed by atoms with E-state index in [4.69, 9.17) is 16.2 Å². The lowest BCUT2D eigenvalue weighted by Crippen LogP contribution is -2.04. The van der Waals surface area contributed by atoms with Crippen molar-refractivity contribution in [1.82, 2.24) is 9.66 Å². The Morgan fingerprint density at radius 1 is 1.46 bits per heavy atom. The van der Waals surface area contributed by atoms with E-state index in [1.165, 1.54) is 16.0 Å². The van der Waals surface area contributed by atoms with Crippen LogP contribution in [0.1, 0.15) is 27.9 Å². The number of hydrogen-bond donors (Lipinski definition) is 2. The molecule has 7 nitrogen and oxygen atoms in total. The van der Waals surface area contributed by atoms with Gasteiger partial charge in [0.05, 0.1) is 30.4 Å². The van der Waals surface area contributed by atoms with Gasteiger partial charge in [0.1, 0.15) is 4.88 Å². The molecule has 4 N–H and O–H groups in total. The van der Waals surface area contributed by atoms with Gasteiger partial charge < -0.3 is 16.2 Å². The molecule has 0 unspecified atom stereocenters. The van der Waals surface area contributed by atoms with Crippen LogP contribution < -0.4 is 11.5 Å². The largest absolute Gasteiger partial charge is 0.462 e. The molecule has 0 bridgehead atoms. The van der Waals surface area contributed by atoms with Crippen molar-refractivity contribution >= 4 is 45.2 Å². The van der Waals surface area contributed by atoms with Gasteiger partial charge in [0.25, 0.3) is 0 Å². The highest BCUT2D eigenvalue weighted by Gasteiger charge is 2.17. The molecule has 2 heterocycles. The number of carbonyl (C=O) groups is 1. The monoisotopic (exact) mass is 343 g/mol. The smallest absolute Gasteiger partial charge is 0.350 e. The second kappa shape index (κ2) is 6.32. The quantitative estimate of drug-likeness (QED) is 0.559. The second-order valence-electron chi connectivity index (χ2n) is 5.15. The van der Waals surface area contributed by atoms with Crippen molar-refractivity contribution in [1.29, 1.82) is 0 Å². The summed E-state index contributed by atoms with van der Waals surface area (Å²) in [5.41, 5.74) is 13.9. The molecule has 0 aliphatic rings. The molecule has 0 atom stereocenters. The van der Waals surface area contributed by atoms with Gasteiger partial charge in [-0.1, -0.05) is 6.07 Å². The molecule has 0 fully saturated rings. The first-order chi connectivity index (χ1) is 11.5. The number of fused-ring (bicyclic) bond motifs is 1. The number of thiophene rings is 1. The molecule has 0 spiro atoms. The van der Waals surface area contributed by atoms with Crippen LogP contribution in [0.3, 0.4) is 0 Å². The molecule has 0 saturated carbocycles. The number of esters is 1. The number of benzene rings is 1. The van der Waals surface area contributed by atoms with Crippen molar-refractivity contribution in [3.05, 3.63) is 40.5 Å². The van der Waals surface area contributed by atoms with Gasteiger partial charge in [0.2, 0.25) is 5.95 Å². The molecular weight excluding hydrogens is 326 g/mol. The number of hydrogen-bond acceptors (Lipinski definition) is 7. The van der Waals surface area contributed by atoms with E-state index in [0.717, 1.165) is 21.3 Å². The predicted octanol–water partition coefficient (Wildman–Crippen LogP) is 2.63. The molecule has 0 aliphatic heterocycles. The predicted molar refractivity (Wildman–Crippen MR) is 96.6 cm³/mol. The van der Waals surface area contributed by atoms with Crippen molar-refractivity contribution in [3.8, 4) is 0 Å². The standard InChI is InChI=1S/C16H17N5O2S/c1-3-23-15(22)14-13(17)11-6-10(4-5-12(11)24-14)7-19-21-8-9(2)20-16(21)18/h4-8H,3,17H2,1-2H3,(H2,18,20). The number of rotatable bonds is 4. The third-order valence-electron chi connectivity index (χ3n) is 3.38. The van der Waals surface area contributed by atoms with Crippen LogP contribution in [0, 0.1) is 6.92 Å². The summed E-state index contributed by atoms with van der Waals surface area (Å²) >= 11 is 1.32. The lowest BCUT2D eigenvalue weighted by Gasteiger charge is -1.99. The molecule has 0 aliphatic carbocycles. The Bertz CT molecular complexity index is 941. The summed E-state index contributed by atoms with van der Waals surface area (Å²) in [5, 5.41) is 5.09. The Morgan fingerprint density at radius 2 is 2.25 bits per heavy atom. The van der Waals surface area contributed by atoms with Crippen LogP contribution in [0.25, 0.3) is 10.1 Å². The third-order valence-corrected chi connectivity index (χ3v) is 4.54. The van der Waals surface area contributed by atoms with Crippen LogP contribution in [-0.2, 0) is 4.74 Å². The molecule has 0 saturated heterocycles. The highest BCUT2D eigenvalue weighted by atomic mass is 32.1. The Balaban J connectivity index is 1.95. The fourth-order valence-corrected chi connectivity index (χ4v) is 3.29. The van der Waals surface area contributed by atoms with Crippen LogP contribution in [0.15, 0.2) is 29.5 Å². The molecule has 3 aromatic rings. The van der Waals surface area contributed by atoms with Crippen molar-refractivity contribution in [3.63, 3.8) is 0 Å². The van der Waals surface area contributed by atoms with Gasteiger partial charge in [0, 0.05) is 10.1 Å². The summed E-state index contributed by atoms with van der Waals surface area (Å²) in [7, 11) is 0. The molecule has 24 heavy (non-hydrogen) atoms. The van der Waals surface area contributed by atoms with Crippen molar-refractivity contribution in [2.75, 3.05) is 18.1 Å². The molecule has 124 valence electrons. The maximum absolute atomic E-state index is 11.9. The minimum Gasteiger partial charge on any atom is -0.462 e. The van der Waals surface area contributed by atoms with E-state index < -0.39 is 5.97 Å². The molecule has 2 aromatic heterocycles. The third kappa shape index (κ3) is 2.95. The summed E-state index contributed by atoms with van der Waals surface area (Å²) in [6, 6.07) is 5.69. The fraction of sp³-hybridized carbons (Fsp3) is 0.188. The first kappa shape index (κ1) is 16.0. The number of aryl methyl sites for hydroxylation is 1. The van der Waals surface area contributed by atoms with Crippen LogP contribution >= 0.6 is 11.3 Å². The molecule has 3 rings (SSSR count). The molecular formula is C16H17N5O2S. The average Bonchev–Trinajstić information content (AvgIpc) is 3.05. The van der Waals surface area contributed by atoms with Crippen molar-refractivity contribution < 1.29 is 9.53 Å². The van der Waals surface area contributed by atoms with E-state index in [1.54, 1.807) is 19.3 Å². The fourth-order valence-electron chi connectivity index (χ4n) is 2.29. The zero-order chi connectivity index (χ0) is 17.3. The normalized spacial score (nSPS) is 11.4. The SMILES string of the molecule is CCOC(=O)c1sc2ccc(C=Nn3cc(C)nc3N)cc2c1N. The Labute approximate surface area is 142 Å². The lowest BCUT2D eigenvalue weighted by molar-refractivity contribution is 0.0533. The van der Waals surface area contributed by atoms with Crippen LogP contribution in [0.5, 0.6) is 0 Å². The minimum absolute atomic E-state index is 0.316. The topological polar surface area (TPSA) is 109 Å². The van der Waals surface area contributed by atoms with Crippen molar-refractivity contribution in [2.24, 2.45) is 5.10 Å². The first-order valence-corrected chi connectivity index (χ1v) is 8.16. The summed E-state index contributed by atoms with van der Waals surface area (Å²) < 4.78 is 7.45. The van der Waals surface area contributed by atoms with Gasteiger partial charge in [-0.25, -0.2) is 14.5 Å². The maximum Gasteiger partial charge on any atom is 0.350 e. The number of nitrogen functional groups attached to an aromatic ring is 2. The van der Waals surface area contributed by atoms with Gasteiger partial charge in [-0.2, -0.15) is 5.10 Å². The van der Waals surface area contributed by atoms with E-state index in [1.807, 2.05) is 25.1 Å². The summed E-state index contributed by atoms with van der Waals surface area (Å²) in [6.45, 7) is 3.92. The zero-order valence-electron chi connectivity index (χ0n) is 13.3. The number of ether oxygens (including phenoxy) is 1. The van der Waals surface area contributed by atoms with Crippen molar-refractivity contribution in [2.45, 2.75) is 13.8 Å². The van der Waals surface area contributed by atoms with E-state index in [2.05, 4.69) is 10.1 Å². The highest BCUT2D eigenvalue weighted by Crippen LogP contribution is 2.34. The van der Waals surface area contributed by atoms with E-state index in [-0.39, 0.29) is 0 Å².